The van der Waals surface area contributed by atoms with Crippen LogP contribution in [0.25, 0.3) is 27.6 Å². The predicted octanol–water partition coefficient (Wildman–Crippen LogP) is 12.7. The first-order valence-electron chi connectivity index (χ1n) is 20.0. The molecule has 52 heavy (non-hydrogen) atoms. The van der Waals surface area contributed by atoms with E-state index in [4.69, 9.17) is 13.8 Å². The molecule has 1 aliphatic rings. The number of ether oxygens (including phenoxy) is 1. The van der Waals surface area contributed by atoms with Crippen LogP contribution < -0.4 is 14.5 Å². The fraction of sp³-hybridized carbons (Fsp3) is 0.383. The number of aromatic nitrogens is 2. The predicted molar refractivity (Wildman–Crippen MR) is 222 cm³/mol. The van der Waals surface area contributed by atoms with Gasteiger partial charge in [0.25, 0.3) is 0 Å². The lowest BCUT2D eigenvalue weighted by molar-refractivity contribution is 0.479. The Kier molecular flexibility index (Phi) is 7.46. The summed E-state index contributed by atoms with van der Waals surface area (Å²) in [5.41, 5.74) is 8.90. The van der Waals surface area contributed by atoms with Gasteiger partial charge in [-0.3, -0.25) is 4.57 Å². The molecule has 0 unspecified atom stereocenters. The molecule has 270 valence electrons. The van der Waals surface area contributed by atoms with E-state index >= 15 is 0 Å². The Morgan fingerprint density at radius 2 is 1.21 bits per heavy atom. The highest BCUT2D eigenvalue weighted by Gasteiger charge is 2.29. The minimum atomic E-state index is -2.30. The standard InChI is InChI=1S/C47H56N4O/c1-44(2,3)30-14-18-39-38(24-30)37-17-16-35(28-41(37)51(39)43-26-32(20-21-48-43)46(7,8)9)52-36-23-33(47(10,11)12)22-34(27-36)50-29-49(13)42-25-31(45(4,5)6)15-19-40(42)50/h14-28H,29H2,1-13H3/i13D3. The Hall–Kier alpha value is -4.77. The number of pyridine rings is 1. The molecular weight excluding hydrogens is 637 g/mol. The summed E-state index contributed by atoms with van der Waals surface area (Å²) in [6.07, 6.45) is 1.91. The molecule has 2 aromatic heterocycles. The van der Waals surface area contributed by atoms with Gasteiger partial charge in [-0.15, -0.1) is 0 Å². The van der Waals surface area contributed by atoms with Gasteiger partial charge < -0.3 is 14.5 Å². The molecule has 5 nitrogen and oxygen atoms in total. The van der Waals surface area contributed by atoms with Crippen LogP contribution in [0.1, 0.15) is 109 Å². The van der Waals surface area contributed by atoms with E-state index in [2.05, 4.69) is 159 Å². The second-order valence-electron chi connectivity index (χ2n) is 18.7. The quantitative estimate of drug-likeness (QED) is 0.184. The van der Waals surface area contributed by atoms with E-state index in [9.17, 15) is 0 Å². The molecule has 5 heteroatoms. The van der Waals surface area contributed by atoms with E-state index < -0.39 is 6.98 Å². The van der Waals surface area contributed by atoms with Gasteiger partial charge in [0.05, 0.1) is 29.1 Å². The molecule has 0 aliphatic carbocycles. The SMILES string of the molecule is [2H]C([2H])([2H])N1CN(c2cc(Oc3ccc4c5cc(C(C)(C)C)ccc5n(-c5cc(C(C)(C)C)ccn5)c4c3)cc(C(C)(C)C)c2)c2ccc(C(C)(C)C)cc21. The summed E-state index contributed by atoms with van der Waals surface area (Å²) >= 11 is 0. The average molecular weight is 696 g/mol. The molecule has 6 aromatic rings. The normalized spacial score (nSPS) is 15.2. The first kappa shape index (κ1) is 31.9. The summed E-state index contributed by atoms with van der Waals surface area (Å²) in [4.78, 5) is 8.53. The third-order valence-corrected chi connectivity index (χ3v) is 10.5. The Balaban J connectivity index is 1.37. The summed E-state index contributed by atoms with van der Waals surface area (Å²) in [6, 6.07) is 29.9. The Morgan fingerprint density at radius 3 is 1.88 bits per heavy atom. The van der Waals surface area contributed by atoms with Crippen molar-refractivity contribution in [2.24, 2.45) is 0 Å². The third-order valence-electron chi connectivity index (χ3n) is 10.5. The van der Waals surface area contributed by atoms with Crippen LogP contribution in [0, 0.1) is 0 Å². The van der Waals surface area contributed by atoms with Crippen LogP contribution in [-0.4, -0.2) is 23.2 Å². The van der Waals surface area contributed by atoms with E-state index in [1.54, 1.807) is 0 Å². The molecule has 0 fully saturated rings. The maximum atomic E-state index is 8.44. The van der Waals surface area contributed by atoms with Gasteiger partial charge in [-0.2, -0.15) is 0 Å². The molecule has 0 amide bonds. The van der Waals surface area contributed by atoms with E-state index in [1.165, 1.54) is 21.4 Å². The first-order chi connectivity index (χ1) is 25.4. The summed E-state index contributed by atoms with van der Waals surface area (Å²) < 4.78 is 34.4. The van der Waals surface area contributed by atoms with E-state index in [-0.39, 0.29) is 28.3 Å². The van der Waals surface area contributed by atoms with Crippen molar-refractivity contribution in [1.29, 1.82) is 0 Å². The van der Waals surface area contributed by atoms with Gasteiger partial charge in [0, 0.05) is 45.9 Å². The fourth-order valence-corrected chi connectivity index (χ4v) is 7.10. The number of rotatable bonds is 4. The summed E-state index contributed by atoms with van der Waals surface area (Å²) in [6.45, 7) is 24.3. The van der Waals surface area contributed by atoms with Crippen LogP contribution in [0.15, 0.2) is 91.1 Å². The molecule has 7 rings (SSSR count). The van der Waals surface area contributed by atoms with Crippen LogP contribution in [0.4, 0.5) is 17.1 Å². The summed E-state index contributed by atoms with van der Waals surface area (Å²) in [5.74, 6) is 2.26. The van der Waals surface area contributed by atoms with Crippen molar-refractivity contribution in [3.63, 3.8) is 0 Å². The molecule has 4 aromatic carbocycles. The number of hydrogen-bond donors (Lipinski definition) is 0. The number of hydrogen-bond acceptors (Lipinski definition) is 4. The molecule has 0 spiro atoms. The number of benzene rings is 4. The zero-order valence-corrected chi connectivity index (χ0v) is 33.1. The minimum Gasteiger partial charge on any atom is -0.457 e. The maximum Gasteiger partial charge on any atom is 0.137 e. The van der Waals surface area contributed by atoms with Gasteiger partial charge in [0.15, 0.2) is 0 Å². The highest BCUT2D eigenvalue weighted by atomic mass is 16.5. The zero-order valence-electron chi connectivity index (χ0n) is 36.1. The van der Waals surface area contributed by atoms with Crippen LogP contribution in [-0.2, 0) is 21.7 Å². The number of fused-ring (bicyclic) bond motifs is 4. The molecule has 0 saturated carbocycles. The third kappa shape index (κ3) is 6.55. The number of anilines is 3. The minimum absolute atomic E-state index is 0.00288. The highest BCUT2D eigenvalue weighted by molar-refractivity contribution is 6.09. The van der Waals surface area contributed by atoms with E-state index in [0.29, 0.717) is 17.2 Å². The first-order valence-corrected chi connectivity index (χ1v) is 18.5. The largest absolute Gasteiger partial charge is 0.457 e. The van der Waals surface area contributed by atoms with E-state index in [1.807, 2.05) is 24.4 Å². The smallest absolute Gasteiger partial charge is 0.137 e. The van der Waals surface area contributed by atoms with Crippen molar-refractivity contribution >= 4 is 38.9 Å². The van der Waals surface area contributed by atoms with Crippen molar-refractivity contribution in [1.82, 2.24) is 9.55 Å². The lowest BCUT2D eigenvalue weighted by atomic mass is 9.86. The van der Waals surface area contributed by atoms with Gasteiger partial charge in [-0.1, -0.05) is 95.2 Å². The van der Waals surface area contributed by atoms with Gasteiger partial charge in [-0.25, -0.2) is 4.98 Å². The topological polar surface area (TPSA) is 33.5 Å². The second kappa shape index (κ2) is 12.1. The van der Waals surface area contributed by atoms with Gasteiger partial charge in [-0.05, 0) is 105 Å². The van der Waals surface area contributed by atoms with Crippen molar-refractivity contribution in [2.45, 2.75) is 105 Å². The molecule has 0 atom stereocenters. The molecule has 0 N–H and O–H groups in total. The molecule has 0 bridgehead atoms. The van der Waals surface area contributed by atoms with Crippen LogP contribution in [0.5, 0.6) is 11.5 Å². The fourth-order valence-electron chi connectivity index (χ4n) is 7.10. The monoisotopic (exact) mass is 695 g/mol. The summed E-state index contributed by atoms with van der Waals surface area (Å²) in [7, 11) is 0. The zero-order chi connectivity index (χ0) is 40.0. The molecule has 0 radical (unpaired) electrons. The Labute approximate surface area is 315 Å². The Morgan fingerprint density at radius 1 is 0.558 bits per heavy atom. The number of nitrogens with zero attached hydrogens (tertiary/aromatic N) is 4. The van der Waals surface area contributed by atoms with Gasteiger partial charge in [0.1, 0.15) is 17.3 Å². The summed E-state index contributed by atoms with van der Waals surface area (Å²) in [5, 5.41) is 2.31. The maximum absolute atomic E-state index is 8.44. The lowest BCUT2D eigenvalue weighted by Gasteiger charge is -2.26. The van der Waals surface area contributed by atoms with Crippen molar-refractivity contribution in [3.8, 4) is 17.3 Å². The van der Waals surface area contributed by atoms with Crippen molar-refractivity contribution in [2.75, 3.05) is 23.4 Å². The van der Waals surface area contributed by atoms with Crippen LogP contribution in [0.2, 0.25) is 0 Å². The molecular formula is C47H56N4O. The second-order valence-corrected chi connectivity index (χ2v) is 18.7. The van der Waals surface area contributed by atoms with Crippen LogP contribution >= 0.6 is 0 Å². The van der Waals surface area contributed by atoms with Gasteiger partial charge in [0.2, 0.25) is 0 Å². The lowest BCUT2D eigenvalue weighted by Crippen LogP contribution is -2.24. The molecule has 1 aliphatic heterocycles. The van der Waals surface area contributed by atoms with E-state index in [0.717, 1.165) is 44.7 Å². The van der Waals surface area contributed by atoms with Crippen molar-refractivity contribution in [3.05, 3.63) is 113 Å². The van der Waals surface area contributed by atoms with Gasteiger partial charge >= 0.3 is 0 Å². The highest BCUT2D eigenvalue weighted by Crippen LogP contribution is 2.45. The average Bonchev–Trinajstić information content (AvgIpc) is 3.62. The van der Waals surface area contributed by atoms with Crippen LogP contribution in [0.3, 0.4) is 0 Å². The van der Waals surface area contributed by atoms with Crippen molar-refractivity contribution < 1.29 is 8.85 Å². The molecule has 0 saturated heterocycles. The Bertz CT molecular complexity index is 2430. The molecule has 3 heterocycles.